The monoisotopic (exact) mass is 223 g/mol. The molecule has 1 fully saturated rings. The molecule has 1 saturated carbocycles. The van der Waals surface area contributed by atoms with E-state index in [2.05, 4.69) is 5.32 Å². The Morgan fingerprint density at radius 1 is 1.50 bits per heavy atom. The molecule has 1 aliphatic rings. The third kappa shape index (κ3) is 2.39. The topological polar surface area (TPSA) is 49.3 Å². The van der Waals surface area contributed by atoms with E-state index in [-0.39, 0.29) is 17.9 Å². The zero-order chi connectivity index (χ0) is 11.6. The molecule has 86 valence electrons. The van der Waals surface area contributed by atoms with Crippen molar-refractivity contribution < 1.29 is 14.3 Å². The number of carbonyl (C=O) groups excluding carboxylic acids is 1. The lowest BCUT2D eigenvalue weighted by atomic mass is 10.1. The number of halogens is 1. The van der Waals surface area contributed by atoms with E-state index in [9.17, 15) is 9.18 Å². The summed E-state index contributed by atoms with van der Waals surface area (Å²) in [7, 11) is 0. The molecular formula is C12H14FNO2. The highest BCUT2D eigenvalue weighted by atomic mass is 19.1. The molecule has 2 rings (SSSR count). The first kappa shape index (κ1) is 11.1. The highest BCUT2D eigenvalue weighted by Gasteiger charge is 2.42. The van der Waals surface area contributed by atoms with Crippen LogP contribution in [0.2, 0.25) is 0 Å². The van der Waals surface area contributed by atoms with Crippen LogP contribution in [0, 0.1) is 11.2 Å². The largest absolute Gasteiger partial charge is 0.396 e. The van der Waals surface area contributed by atoms with E-state index < -0.39 is 5.82 Å². The van der Waals surface area contributed by atoms with Gasteiger partial charge in [0.05, 0.1) is 6.61 Å². The van der Waals surface area contributed by atoms with Crippen molar-refractivity contribution in [3.8, 4) is 0 Å². The van der Waals surface area contributed by atoms with Gasteiger partial charge in [0.2, 0.25) is 0 Å². The van der Waals surface area contributed by atoms with Crippen LogP contribution < -0.4 is 5.32 Å². The van der Waals surface area contributed by atoms with Gasteiger partial charge < -0.3 is 10.4 Å². The molecule has 0 atom stereocenters. The van der Waals surface area contributed by atoms with Crippen molar-refractivity contribution in [2.24, 2.45) is 5.41 Å². The van der Waals surface area contributed by atoms with Gasteiger partial charge in [-0.05, 0) is 31.0 Å². The van der Waals surface area contributed by atoms with Gasteiger partial charge in [-0.2, -0.15) is 0 Å². The van der Waals surface area contributed by atoms with E-state index in [1.807, 2.05) is 0 Å². The molecule has 0 aliphatic heterocycles. The Bertz CT molecular complexity index is 402. The summed E-state index contributed by atoms with van der Waals surface area (Å²) in [5, 5.41) is 11.8. The minimum Gasteiger partial charge on any atom is -0.396 e. The summed E-state index contributed by atoms with van der Waals surface area (Å²) in [4.78, 5) is 11.6. The molecule has 1 amide bonds. The summed E-state index contributed by atoms with van der Waals surface area (Å²) < 4.78 is 12.9. The smallest absolute Gasteiger partial charge is 0.251 e. The maximum Gasteiger partial charge on any atom is 0.251 e. The minimum atomic E-state index is -0.420. The first-order valence-electron chi connectivity index (χ1n) is 5.30. The molecule has 4 heteroatoms. The second kappa shape index (κ2) is 4.22. The summed E-state index contributed by atoms with van der Waals surface area (Å²) in [5.74, 6) is -0.713. The van der Waals surface area contributed by atoms with Crippen LogP contribution in [-0.2, 0) is 0 Å². The van der Waals surface area contributed by atoms with E-state index in [1.54, 1.807) is 6.07 Å². The number of aliphatic hydroxyl groups excluding tert-OH is 1. The zero-order valence-corrected chi connectivity index (χ0v) is 8.87. The van der Waals surface area contributed by atoms with E-state index in [1.165, 1.54) is 18.2 Å². The van der Waals surface area contributed by atoms with Crippen molar-refractivity contribution in [2.45, 2.75) is 12.8 Å². The lowest BCUT2D eigenvalue weighted by molar-refractivity contribution is 0.0935. The van der Waals surface area contributed by atoms with Crippen molar-refractivity contribution in [1.29, 1.82) is 0 Å². The number of carbonyl (C=O) groups is 1. The lowest BCUT2D eigenvalue weighted by Gasteiger charge is -2.12. The molecule has 0 radical (unpaired) electrons. The molecule has 0 unspecified atom stereocenters. The van der Waals surface area contributed by atoms with Gasteiger partial charge in [-0.25, -0.2) is 4.39 Å². The fourth-order valence-electron chi connectivity index (χ4n) is 1.57. The maximum absolute atomic E-state index is 12.9. The minimum absolute atomic E-state index is 0.0937. The quantitative estimate of drug-likeness (QED) is 0.809. The second-order valence-electron chi connectivity index (χ2n) is 4.35. The number of rotatable bonds is 4. The van der Waals surface area contributed by atoms with E-state index in [4.69, 9.17) is 5.11 Å². The van der Waals surface area contributed by atoms with Gasteiger partial charge in [-0.3, -0.25) is 4.79 Å². The van der Waals surface area contributed by atoms with Crippen LogP contribution in [0.3, 0.4) is 0 Å². The van der Waals surface area contributed by atoms with Crippen LogP contribution in [0.25, 0.3) is 0 Å². The Labute approximate surface area is 93.3 Å². The predicted octanol–water partition coefficient (Wildman–Crippen LogP) is 1.33. The van der Waals surface area contributed by atoms with E-state index in [0.717, 1.165) is 12.8 Å². The van der Waals surface area contributed by atoms with Crippen molar-refractivity contribution in [3.05, 3.63) is 35.6 Å². The molecule has 0 saturated heterocycles. The van der Waals surface area contributed by atoms with Crippen LogP contribution in [0.4, 0.5) is 4.39 Å². The Hall–Kier alpha value is -1.42. The molecule has 1 aromatic rings. The summed E-state index contributed by atoms with van der Waals surface area (Å²) in [6.45, 7) is 0.551. The van der Waals surface area contributed by atoms with Crippen LogP contribution in [0.15, 0.2) is 24.3 Å². The summed E-state index contributed by atoms with van der Waals surface area (Å²) in [6.07, 6.45) is 1.87. The van der Waals surface area contributed by atoms with Gasteiger partial charge >= 0.3 is 0 Å². The number of aliphatic hydroxyl groups is 1. The average molecular weight is 223 g/mol. The van der Waals surface area contributed by atoms with Gasteiger partial charge in [0.1, 0.15) is 5.82 Å². The first-order chi connectivity index (χ1) is 7.65. The SMILES string of the molecule is O=C(NCC1(CO)CC1)c1cccc(F)c1. The van der Waals surface area contributed by atoms with E-state index in [0.29, 0.717) is 12.1 Å². The Balaban J connectivity index is 1.93. The molecule has 0 heterocycles. The van der Waals surface area contributed by atoms with Gasteiger partial charge in [-0.1, -0.05) is 6.07 Å². The Morgan fingerprint density at radius 2 is 2.25 bits per heavy atom. The standard InChI is InChI=1S/C12H14FNO2/c13-10-3-1-2-9(6-10)11(16)14-7-12(8-15)4-5-12/h1-3,6,15H,4-5,7-8H2,(H,14,16). The fraction of sp³-hybridized carbons (Fsp3) is 0.417. The van der Waals surface area contributed by atoms with Gasteiger partial charge in [0, 0.05) is 17.5 Å². The molecule has 3 nitrogen and oxygen atoms in total. The zero-order valence-electron chi connectivity index (χ0n) is 8.87. The Morgan fingerprint density at radius 3 is 2.81 bits per heavy atom. The summed E-state index contributed by atoms with van der Waals surface area (Å²) in [5.41, 5.74) is 0.192. The van der Waals surface area contributed by atoms with Crippen LogP contribution in [0.5, 0.6) is 0 Å². The van der Waals surface area contributed by atoms with Crippen LogP contribution in [-0.4, -0.2) is 24.2 Å². The molecule has 1 aromatic carbocycles. The molecule has 0 bridgehead atoms. The first-order valence-corrected chi connectivity index (χ1v) is 5.30. The normalized spacial score (nSPS) is 16.9. The summed E-state index contributed by atoms with van der Waals surface area (Å²) in [6, 6.07) is 5.57. The van der Waals surface area contributed by atoms with Crippen molar-refractivity contribution >= 4 is 5.91 Å². The number of amides is 1. The van der Waals surface area contributed by atoms with Crippen molar-refractivity contribution in [1.82, 2.24) is 5.32 Å². The molecule has 16 heavy (non-hydrogen) atoms. The van der Waals surface area contributed by atoms with Crippen LogP contribution >= 0.6 is 0 Å². The second-order valence-corrected chi connectivity index (χ2v) is 4.35. The Kier molecular flexibility index (Phi) is 2.92. The number of benzene rings is 1. The number of hydrogen-bond donors (Lipinski definition) is 2. The van der Waals surface area contributed by atoms with Crippen molar-refractivity contribution in [2.75, 3.05) is 13.2 Å². The molecule has 0 aromatic heterocycles. The van der Waals surface area contributed by atoms with Crippen molar-refractivity contribution in [3.63, 3.8) is 0 Å². The highest BCUT2D eigenvalue weighted by molar-refractivity contribution is 5.94. The number of hydrogen-bond acceptors (Lipinski definition) is 2. The van der Waals surface area contributed by atoms with Gasteiger partial charge in [0.25, 0.3) is 5.91 Å². The maximum atomic E-state index is 12.9. The highest BCUT2D eigenvalue weighted by Crippen LogP contribution is 2.44. The summed E-state index contributed by atoms with van der Waals surface area (Å²) >= 11 is 0. The lowest BCUT2D eigenvalue weighted by Crippen LogP contribution is -2.31. The third-order valence-electron chi connectivity index (χ3n) is 3.00. The average Bonchev–Trinajstić information content (AvgIpc) is 3.07. The molecule has 2 N–H and O–H groups in total. The molecule has 1 aliphatic carbocycles. The third-order valence-corrected chi connectivity index (χ3v) is 3.00. The molecular weight excluding hydrogens is 209 g/mol. The van der Waals surface area contributed by atoms with Gasteiger partial charge in [-0.15, -0.1) is 0 Å². The predicted molar refractivity (Wildman–Crippen MR) is 57.5 cm³/mol. The van der Waals surface area contributed by atoms with Gasteiger partial charge in [0.15, 0.2) is 0 Å². The number of nitrogens with one attached hydrogen (secondary N) is 1. The molecule has 0 spiro atoms. The fourth-order valence-corrected chi connectivity index (χ4v) is 1.57. The van der Waals surface area contributed by atoms with Crippen LogP contribution in [0.1, 0.15) is 23.2 Å². The van der Waals surface area contributed by atoms with E-state index >= 15 is 0 Å².